The Morgan fingerprint density at radius 2 is 1.60 bits per heavy atom. The van der Waals surface area contributed by atoms with Crippen LogP contribution in [0.3, 0.4) is 0 Å². The van der Waals surface area contributed by atoms with E-state index in [1.165, 1.54) is 5.56 Å². The number of hydrogen-bond donors (Lipinski definition) is 0. The summed E-state index contributed by atoms with van der Waals surface area (Å²) >= 11 is 0. The molecule has 0 bridgehead atoms. The summed E-state index contributed by atoms with van der Waals surface area (Å²) in [6.45, 7) is 7.97. The number of hydrogen-bond acceptors (Lipinski definition) is 4. The molecule has 1 atom stereocenters. The van der Waals surface area contributed by atoms with Gasteiger partial charge in [0, 0.05) is 32.2 Å². The fraction of sp³-hybridized carbons (Fsp3) is 0.333. The number of aryl methyl sites for hydroxylation is 1. The van der Waals surface area contributed by atoms with Gasteiger partial charge in [-0.15, -0.1) is 0 Å². The van der Waals surface area contributed by atoms with Crippen LogP contribution in [0.5, 0.6) is 0 Å². The number of nitrogens with zero attached hydrogens (tertiary/aromatic N) is 4. The lowest BCUT2D eigenvalue weighted by molar-refractivity contribution is 0.198. The molecule has 1 heterocycles. The smallest absolute Gasteiger partial charge is 0.101 e. The third kappa shape index (κ3) is 3.65. The molecule has 4 nitrogen and oxygen atoms in total. The van der Waals surface area contributed by atoms with Crippen LogP contribution >= 0.6 is 0 Å². The van der Waals surface area contributed by atoms with Crippen molar-refractivity contribution in [1.29, 1.82) is 10.5 Å². The maximum Gasteiger partial charge on any atom is 0.101 e. The first kappa shape index (κ1) is 17.0. The molecule has 25 heavy (non-hydrogen) atoms. The predicted octanol–water partition coefficient (Wildman–Crippen LogP) is 3.62. The first-order chi connectivity index (χ1) is 12.1. The van der Waals surface area contributed by atoms with E-state index in [1.807, 2.05) is 37.3 Å². The summed E-state index contributed by atoms with van der Waals surface area (Å²) in [4.78, 5) is 4.76. The zero-order valence-corrected chi connectivity index (χ0v) is 14.7. The predicted molar refractivity (Wildman–Crippen MR) is 99.3 cm³/mol. The fourth-order valence-electron chi connectivity index (χ4n) is 3.41. The topological polar surface area (TPSA) is 54.1 Å². The van der Waals surface area contributed by atoms with E-state index in [-0.39, 0.29) is 0 Å². The van der Waals surface area contributed by atoms with Crippen molar-refractivity contribution in [2.24, 2.45) is 0 Å². The second kappa shape index (κ2) is 7.38. The van der Waals surface area contributed by atoms with Gasteiger partial charge in [0.1, 0.15) is 6.07 Å². The van der Waals surface area contributed by atoms with E-state index in [1.54, 1.807) is 0 Å². The third-order valence-corrected chi connectivity index (χ3v) is 5.00. The minimum atomic E-state index is 0.323. The SMILES string of the molecule is Cc1ccc(N2CCN(C(C)c3ccc(C#N)cc3)CC2)c(C#N)c1. The largest absolute Gasteiger partial charge is 0.368 e. The summed E-state index contributed by atoms with van der Waals surface area (Å²) in [6, 6.07) is 18.8. The highest BCUT2D eigenvalue weighted by atomic mass is 15.3. The van der Waals surface area contributed by atoms with E-state index in [9.17, 15) is 5.26 Å². The van der Waals surface area contributed by atoms with Gasteiger partial charge in [-0.05, 0) is 49.2 Å². The lowest BCUT2D eigenvalue weighted by Gasteiger charge is -2.39. The summed E-state index contributed by atoms with van der Waals surface area (Å²) in [5.41, 5.74) is 4.85. The van der Waals surface area contributed by atoms with E-state index in [0.717, 1.165) is 43.0 Å². The molecule has 1 fully saturated rings. The molecule has 1 saturated heterocycles. The van der Waals surface area contributed by atoms with Gasteiger partial charge in [-0.2, -0.15) is 10.5 Å². The van der Waals surface area contributed by atoms with Crippen LogP contribution in [0.25, 0.3) is 0 Å². The average Bonchev–Trinajstić information content (AvgIpc) is 2.67. The van der Waals surface area contributed by atoms with Crippen molar-refractivity contribution in [3.05, 3.63) is 64.7 Å². The molecule has 2 aromatic carbocycles. The van der Waals surface area contributed by atoms with E-state index in [0.29, 0.717) is 11.6 Å². The molecule has 4 heteroatoms. The second-order valence-electron chi connectivity index (χ2n) is 6.57. The first-order valence-corrected chi connectivity index (χ1v) is 8.62. The number of piperazine rings is 1. The quantitative estimate of drug-likeness (QED) is 0.862. The summed E-state index contributed by atoms with van der Waals surface area (Å²) < 4.78 is 0. The van der Waals surface area contributed by atoms with Crippen LogP contribution in [-0.4, -0.2) is 31.1 Å². The lowest BCUT2D eigenvalue weighted by Crippen LogP contribution is -2.47. The van der Waals surface area contributed by atoms with Crippen molar-refractivity contribution < 1.29 is 0 Å². The molecule has 1 aliphatic heterocycles. The molecule has 0 aromatic heterocycles. The molecule has 1 unspecified atom stereocenters. The van der Waals surface area contributed by atoms with Gasteiger partial charge < -0.3 is 4.90 Å². The zero-order chi connectivity index (χ0) is 17.8. The van der Waals surface area contributed by atoms with Crippen LogP contribution in [0.1, 0.15) is 35.2 Å². The van der Waals surface area contributed by atoms with Gasteiger partial charge in [-0.25, -0.2) is 0 Å². The molecule has 3 rings (SSSR count). The number of nitriles is 2. The highest BCUT2D eigenvalue weighted by molar-refractivity contribution is 5.60. The minimum absolute atomic E-state index is 0.323. The summed E-state index contributed by atoms with van der Waals surface area (Å²) in [7, 11) is 0. The Balaban J connectivity index is 1.67. The lowest BCUT2D eigenvalue weighted by atomic mass is 10.0. The maximum atomic E-state index is 9.40. The van der Waals surface area contributed by atoms with Gasteiger partial charge in [-0.1, -0.05) is 18.2 Å². The van der Waals surface area contributed by atoms with E-state index in [2.05, 4.69) is 41.0 Å². The molecule has 1 aliphatic rings. The number of rotatable bonds is 3. The molecule has 126 valence electrons. The van der Waals surface area contributed by atoms with Crippen molar-refractivity contribution in [2.45, 2.75) is 19.9 Å². The molecular weight excluding hydrogens is 308 g/mol. The minimum Gasteiger partial charge on any atom is -0.368 e. The normalized spacial score (nSPS) is 16.1. The summed E-state index contributed by atoms with van der Waals surface area (Å²) in [6.07, 6.45) is 0. The van der Waals surface area contributed by atoms with Gasteiger partial charge in [0.05, 0.1) is 22.9 Å². The summed E-state index contributed by atoms with van der Waals surface area (Å²) in [5, 5.41) is 18.3. The fourth-order valence-corrected chi connectivity index (χ4v) is 3.41. The molecular formula is C21H22N4. The molecule has 0 aliphatic carbocycles. The van der Waals surface area contributed by atoms with Crippen LogP contribution in [0.15, 0.2) is 42.5 Å². The monoisotopic (exact) mass is 330 g/mol. The van der Waals surface area contributed by atoms with Crippen molar-refractivity contribution in [3.63, 3.8) is 0 Å². The second-order valence-corrected chi connectivity index (χ2v) is 6.57. The Kier molecular flexibility index (Phi) is 5.03. The number of anilines is 1. The third-order valence-electron chi connectivity index (χ3n) is 5.00. The van der Waals surface area contributed by atoms with Gasteiger partial charge >= 0.3 is 0 Å². The average molecular weight is 330 g/mol. The van der Waals surface area contributed by atoms with Gasteiger partial charge in [0.15, 0.2) is 0 Å². The van der Waals surface area contributed by atoms with Crippen LogP contribution in [0.4, 0.5) is 5.69 Å². The molecule has 0 amide bonds. The molecule has 0 N–H and O–H groups in total. The Hall–Kier alpha value is -2.82. The first-order valence-electron chi connectivity index (χ1n) is 8.62. The van der Waals surface area contributed by atoms with E-state index in [4.69, 9.17) is 5.26 Å². The summed E-state index contributed by atoms with van der Waals surface area (Å²) in [5.74, 6) is 0. The van der Waals surface area contributed by atoms with E-state index >= 15 is 0 Å². The van der Waals surface area contributed by atoms with Crippen molar-refractivity contribution in [1.82, 2.24) is 4.90 Å². The standard InChI is InChI=1S/C21H22N4/c1-16-3-8-21(20(13-16)15-23)25-11-9-24(10-12-25)17(2)19-6-4-18(14-22)5-7-19/h3-8,13,17H,9-12H2,1-2H3. The van der Waals surface area contributed by atoms with Gasteiger partial charge in [0.25, 0.3) is 0 Å². The van der Waals surface area contributed by atoms with Crippen LogP contribution < -0.4 is 4.90 Å². The van der Waals surface area contributed by atoms with Crippen molar-refractivity contribution >= 4 is 5.69 Å². The Bertz CT molecular complexity index is 818. The van der Waals surface area contributed by atoms with Gasteiger partial charge in [0.2, 0.25) is 0 Å². The maximum absolute atomic E-state index is 9.40. The highest BCUT2D eigenvalue weighted by Gasteiger charge is 2.23. The van der Waals surface area contributed by atoms with E-state index < -0.39 is 0 Å². The van der Waals surface area contributed by atoms with Crippen molar-refractivity contribution in [2.75, 3.05) is 31.1 Å². The van der Waals surface area contributed by atoms with Crippen molar-refractivity contribution in [3.8, 4) is 12.1 Å². The Morgan fingerprint density at radius 1 is 0.920 bits per heavy atom. The Morgan fingerprint density at radius 3 is 2.20 bits per heavy atom. The van der Waals surface area contributed by atoms with Gasteiger partial charge in [-0.3, -0.25) is 4.90 Å². The molecule has 2 aromatic rings. The molecule has 0 spiro atoms. The number of benzene rings is 2. The molecule has 0 saturated carbocycles. The molecule has 0 radical (unpaired) electrons. The Labute approximate surface area is 149 Å². The zero-order valence-electron chi connectivity index (χ0n) is 14.7. The van der Waals surface area contributed by atoms with Crippen LogP contribution in [0.2, 0.25) is 0 Å². The van der Waals surface area contributed by atoms with Crippen LogP contribution in [0, 0.1) is 29.6 Å². The van der Waals surface area contributed by atoms with Crippen LogP contribution in [-0.2, 0) is 0 Å². The highest BCUT2D eigenvalue weighted by Crippen LogP contribution is 2.26.